The summed E-state index contributed by atoms with van der Waals surface area (Å²) in [4.78, 5) is 19.4. The normalized spacial score (nSPS) is 10.1. The van der Waals surface area contributed by atoms with Crippen LogP contribution in [-0.4, -0.2) is 15.9 Å². The van der Waals surface area contributed by atoms with E-state index in [-0.39, 0.29) is 5.56 Å². The van der Waals surface area contributed by atoms with Gasteiger partial charge in [-0.15, -0.1) is 0 Å². The average molecular weight is 245 g/mol. The van der Waals surface area contributed by atoms with Crippen molar-refractivity contribution in [2.75, 3.05) is 0 Å². The molecule has 1 N–H and O–H groups in total. The van der Waals surface area contributed by atoms with Gasteiger partial charge in [-0.1, -0.05) is 6.07 Å². The van der Waals surface area contributed by atoms with Crippen molar-refractivity contribution in [1.29, 1.82) is 0 Å². The fourth-order valence-corrected chi connectivity index (χ4v) is 1.44. The molecule has 0 atom stereocenters. The van der Waals surface area contributed by atoms with Gasteiger partial charge in [0.2, 0.25) is 0 Å². The SMILES string of the molecule is Cc1ccc(CNC(=O)c2ccncc2F)cn1. The standard InChI is InChI=1S/C13H12FN3O/c1-9-2-3-10(6-16-9)7-17-13(18)11-4-5-15-8-12(11)14/h2-6,8H,7H2,1H3,(H,17,18). The molecule has 0 saturated carbocycles. The summed E-state index contributed by atoms with van der Waals surface area (Å²) in [7, 11) is 0. The molecule has 92 valence electrons. The van der Waals surface area contributed by atoms with Crippen molar-refractivity contribution in [3.8, 4) is 0 Å². The number of aryl methyl sites for hydroxylation is 1. The van der Waals surface area contributed by atoms with Crippen LogP contribution in [0.4, 0.5) is 4.39 Å². The summed E-state index contributed by atoms with van der Waals surface area (Å²) in [6.07, 6.45) is 4.08. The average Bonchev–Trinajstić information content (AvgIpc) is 2.38. The Morgan fingerprint density at radius 2 is 2.17 bits per heavy atom. The van der Waals surface area contributed by atoms with Crippen LogP contribution in [0.1, 0.15) is 21.6 Å². The Hall–Kier alpha value is -2.30. The lowest BCUT2D eigenvalue weighted by Gasteiger charge is -2.05. The van der Waals surface area contributed by atoms with Crippen molar-refractivity contribution in [2.45, 2.75) is 13.5 Å². The molecule has 0 aromatic carbocycles. The number of hydrogen-bond donors (Lipinski definition) is 1. The van der Waals surface area contributed by atoms with E-state index in [2.05, 4.69) is 15.3 Å². The molecule has 18 heavy (non-hydrogen) atoms. The van der Waals surface area contributed by atoms with Crippen molar-refractivity contribution < 1.29 is 9.18 Å². The first-order chi connectivity index (χ1) is 8.66. The number of aromatic nitrogens is 2. The van der Waals surface area contributed by atoms with Gasteiger partial charge in [0.25, 0.3) is 5.91 Å². The Bertz CT molecular complexity index is 554. The zero-order chi connectivity index (χ0) is 13.0. The Morgan fingerprint density at radius 1 is 1.33 bits per heavy atom. The molecule has 5 heteroatoms. The first-order valence-corrected chi connectivity index (χ1v) is 5.46. The zero-order valence-electron chi connectivity index (χ0n) is 9.85. The number of pyridine rings is 2. The van der Waals surface area contributed by atoms with Crippen molar-refractivity contribution in [2.24, 2.45) is 0 Å². The molecule has 0 bridgehead atoms. The maximum absolute atomic E-state index is 13.3. The monoisotopic (exact) mass is 245 g/mol. The molecule has 2 aromatic heterocycles. The van der Waals surface area contributed by atoms with Gasteiger partial charge in [0.15, 0.2) is 5.82 Å². The van der Waals surface area contributed by atoms with Crippen LogP contribution in [0.2, 0.25) is 0 Å². The topological polar surface area (TPSA) is 54.9 Å². The van der Waals surface area contributed by atoms with Crippen molar-refractivity contribution in [1.82, 2.24) is 15.3 Å². The van der Waals surface area contributed by atoms with Crippen LogP contribution >= 0.6 is 0 Å². The largest absolute Gasteiger partial charge is 0.348 e. The molecule has 0 fully saturated rings. The second-order valence-electron chi connectivity index (χ2n) is 3.85. The van der Waals surface area contributed by atoms with Crippen molar-refractivity contribution in [3.05, 3.63) is 59.4 Å². The number of nitrogens with zero attached hydrogens (tertiary/aromatic N) is 2. The van der Waals surface area contributed by atoms with Crippen LogP contribution in [0.5, 0.6) is 0 Å². The first kappa shape index (κ1) is 12.2. The number of halogens is 1. The van der Waals surface area contributed by atoms with Gasteiger partial charge in [-0.25, -0.2) is 4.39 Å². The van der Waals surface area contributed by atoms with Crippen molar-refractivity contribution in [3.63, 3.8) is 0 Å². The predicted molar refractivity (Wildman–Crippen MR) is 64.3 cm³/mol. The number of amides is 1. The highest BCUT2D eigenvalue weighted by molar-refractivity contribution is 5.94. The minimum absolute atomic E-state index is 0.00919. The number of rotatable bonds is 3. The Balaban J connectivity index is 2.01. The molecule has 2 rings (SSSR count). The number of carbonyl (C=O) groups excluding carboxylic acids is 1. The van der Waals surface area contributed by atoms with E-state index >= 15 is 0 Å². The zero-order valence-corrected chi connectivity index (χ0v) is 9.85. The van der Waals surface area contributed by atoms with Gasteiger partial charge in [0, 0.05) is 24.6 Å². The molecule has 0 aliphatic carbocycles. The van der Waals surface area contributed by atoms with E-state index in [0.717, 1.165) is 17.5 Å². The minimum atomic E-state index is -0.628. The Labute approximate surface area is 104 Å². The third-order valence-corrected chi connectivity index (χ3v) is 2.44. The van der Waals surface area contributed by atoms with E-state index in [4.69, 9.17) is 0 Å². The summed E-state index contributed by atoms with van der Waals surface area (Å²) in [6, 6.07) is 5.07. The van der Waals surface area contributed by atoms with E-state index < -0.39 is 11.7 Å². The molecular weight excluding hydrogens is 233 g/mol. The molecule has 2 heterocycles. The highest BCUT2D eigenvalue weighted by Crippen LogP contribution is 2.05. The molecule has 0 aliphatic heterocycles. The fourth-order valence-electron chi connectivity index (χ4n) is 1.44. The summed E-state index contributed by atoms with van der Waals surface area (Å²) >= 11 is 0. The van der Waals surface area contributed by atoms with Gasteiger partial charge in [-0.05, 0) is 24.6 Å². The van der Waals surface area contributed by atoms with Gasteiger partial charge >= 0.3 is 0 Å². The molecule has 1 amide bonds. The summed E-state index contributed by atoms with van der Waals surface area (Å²) in [5.74, 6) is -1.09. The van der Waals surface area contributed by atoms with Crippen LogP contribution in [0.25, 0.3) is 0 Å². The summed E-state index contributed by atoms with van der Waals surface area (Å²) in [5, 5.41) is 2.63. The number of carbonyl (C=O) groups is 1. The predicted octanol–water partition coefficient (Wildman–Crippen LogP) is 1.85. The lowest BCUT2D eigenvalue weighted by molar-refractivity contribution is 0.0946. The van der Waals surface area contributed by atoms with E-state index in [1.807, 2.05) is 19.1 Å². The fraction of sp³-hybridized carbons (Fsp3) is 0.154. The highest BCUT2D eigenvalue weighted by atomic mass is 19.1. The Kier molecular flexibility index (Phi) is 3.62. The quantitative estimate of drug-likeness (QED) is 0.897. The molecule has 2 aromatic rings. The Morgan fingerprint density at radius 3 is 2.83 bits per heavy atom. The van der Waals surface area contributed by atoms with Gasteiger partial charge in [-0.2, -0.15) is 0 Å². The van der Waals surface area contributed by atoms with Gasteiger partial charge in [0.05, 0.1) is 11.8 Å². The second-order valence-corrected chi connectivity index (χ2v) is 3.85. The third-order valence-electron chi connectivity index (χ3n) is 2.44. The summed E-state index contributed by atoms with van der Waals surface area (Å²) in [5.41, 5.74) is 1.76. The van der Waals surface area contributed by atoms with Gasteiger partial charge < -0.3 is 5.32 Å². The van der Waals surface area contributed by atoms with E-state index in [1.165, 1.54) is 12.3 Å². The number of nitrogens with one attached hydrogen (secondary N) is 1. The minimum Gasteiger partial charge on any atom is -0.348 e. The molecule has 4 nitrogen and oxygen atoms in total. The van der Waals surface area contributed by atoms with Gasteiger partial charge in [0.1, 0.15) is 0 Å². The molecule has 0 unspecified atom stereocenters. The van der Waals surface area contributed by atoms with Crippen LogP contribution in [0, 0.1) is 12.7 Å². The smallest absolute Gasteiger partial charge is 0.254 e. The van der Waals surface area contributed by atoms with Crippen LogP contribution in [0.15, 0.2) is 36.8 Å². The number of hydrogen-bond acceptors (Lipinski definition) is 3. The first-order valence-electron chi connectivity index (χ1n) is 5.46. The second kappa shape index (κ2) is 5.35. The lowest BCUT2D eigenvalue weighted by atomic mass is 10.2. The maximum atomic E-state index is 13.3. The molecule has 0 saturated heterocycles. The van der Waals surface area contributed by atoms with E-state index in [9.17, 15) is 9.18 Å². The van der Waals surface area contributed by atoms with E-state index in [1.54, 1.807) is 6.20 Å². The summed E-state index contributed by atoms with van der Waals surface area (Å²) in [6.45, 7) is 2.20. The van der Waals surface area contributed by atoms with Crippen LogP contribution < -0.4 is 5.32 Å². The van der Waals surface area contributed by atoms with Crippen molar-refractivity contribution >= 4 is 5.91 Å². The molecule has 0 aliphatic rings. The molecule has 0 spiro atoms. The lowest BCUT2D eigenvalue weighted by Crippen LogP contribution is -2.24. The maximum Gasteiger partial charge on any atom is 0.254 e. The third kappa shape index (κ3) is 2.88. The van der Waals surface area contributed by atoms with Gasteiger partial charge in [-0.3, -0.25) is 14.8 Å². The molecular formula is C13H12FN3O. The van der Waals surface area contributed by atoms with Crippen LogP contribution in [-0.2, 0) is 6.54 Å². The van der Waals surface area contributed by atoms with Crippen LogP contribution in [0.3, 0.4) is 0 Å². The molecule has 0 radical (unpaired) electrons. The summed E-state index contributed by atoms with van der Waals surface area (Å²) < 4.78 is 13.3. The van der Waals surface area contributed by atoms with E-state index in [0.29, 0.717) is 6.54 Å². The highest BCUT2D eigenvalue weighted by Gasteiger charge is 2.10.